The van der Waals surface area contributed by atoms with E-state index < -0.39 is 6.17 Å². The van der Waals surface area contributed by atoms with Crippen LogP contribution in [0.15, 0.2) is 0 Å². The summed E-state index contributed by atoms with van der Waals surface area (Å²) in [5.74, 6) is -0.252. The van der Waals surface area contributed by atoms with Crippen LogP contribution < -0.4 is 0 Å². The number of hydrogen-bond donors (Lipinski definition) is 0. The largest absolute Gasteiger partial charge is 0.469 e. The van der Waals surface area contributed by atoms with Gasteiger partial charge in [-0.2, -0.15) is 0 Å². The zero-order valence-electron chi connectivity index (χ0n) is 8.83. The Bertz CT molecular complexity index is 199. The van der Waals surface area contributed by atoms with Gasteiger partial charge in [-0.1, -0.05) is 0 Å². The molecule has 0 N–H and O–H groups in total. The summed E-state index contributed by atoms with van der Waals surface area (Å²) in [6.45, 7) is 1.56. The average Bonchev–Trinajstić information content (AvgIpc) is 2.19. The number of halogens is 1. The maximum absolute atomic E-state index is 13.4. The highest BCUT2D eigenvalue weighted by Crippen LogP contribution is 2.23. The van der Waals surface area contributed by atoms with Crippen LogP contribution in [0, 0.1) is 5.92 Å². The first-order valence-corrected chi connectivity index (χ1v) is 5.03. The van der Waals surface area contributed by atoms with E-state index in [2.05, 4.69) is 9.64 Å². The summed E-state index contributed by atoms with van der Waals surface area (Å²) in [6, 6.07) is 0. The molecule has 3 nitrogen and oxygen atoms in total. The lowest BCUT2D eigenvalue weighted by molar-refractivity contribution is -0.141. The lowest BCUT2D eigenvalue weighted by Gasteiger charge is -2.32. The van der Waals surface area contributed by atoms with Crippen molar-refractivity contribution >= 4 is 5.97 Å². The van der Waals surface area contributed by atoms with Crippen molar-refractivity contribution in [1.29, 1.82) is 0 Å². The molecule has 0 amide bonds. The summed E-state index contributed by atoms with van der Waals surface area (Å²) in [5, 5.41) is 0. The molecule has 1 saturated heterocycles. The van der Waals surface area contributed by atoms with Crippen LogP contribution in [0.4, 0.5) is 4.39 Å². The monoisotopic (exact) mass is 203 g/mol. The van der Waals surface area contributed by atoms with Crippen molar-refractivity contribution in [1.82, 2.24) is 4.90 Å². The molecule has 0 spiro atoms. The normalized spacial score (nSPS) is 28.8. The maximum Gasteiger partial charge on any atom is 0.305 e. The number of piperidine rings is 1. The van der Waals surface area contributed by atoms with Gasteiger partial charge < -0.3 is 9.64 Å². The molecule has 1 aliphatic heterocycles. The number of likely N-dealkylation sites (tertiary alicyclic amines) is 1. The molecular weight excluding hydrogens is 185 g/mol. The van der Waals surface area contributed by atoms with Crippen molar-refractivity contribution in [3.05, 3.63) is 0 Å². The minimum atomic E-state index is -0.754. The first-order chi connectivity index (χ1) is 6.63. The molecule has 14 heavy (non-hydrogen) atoms. The number of ether oxygens (including phenoxy) is 1. The molecule has 0 aliphatic carbocycles. The summed E-state index contributed by atoms with van der Waals surface area (Å²) < 4.78 is 17.9. The molecule has 0 radical (unpaired) electrons. The van der Waals surface area contributed by atoms with Crippen molar-refractivity contribution in [3.63, 3.8) is 0 Å². The highest BCUT2D eigenvalue weighted by Gasteiger charge is 2.27. The second-order valence-electron chi connectivity index (χ2n) is 3.94. The van der Waals surface area contributed by atoms with Crippen LogP contribution in [0.25, 0.3) is 0 Å². The molecule has 0 aromatic rings. The molecule has 0 saturated carbocycles. The molecular formula is C10H18FNO2. The predicted molar refractivity (Wildman–Crippen MR) is 51.8 cm³/mol. The zero-order valence-corrected chi connectivity index (χ0v) is 8.83. The standard InChI is InChI=1S/C10H18FNO2/c1-12-6-5-9(11)8(7-12)3-4-10(13)14-2/h8-9H,3-7H2,1-2H3/t8-,9-/m1/s1. The van der Waals surface area contributed by atoms with Crippen molar-refractivity contribution in [2.24, 2.45) is 5.92 Å². The lowest BCUT2D eigenvalue weighted by Crippen LogP contribution is -2.39. The van der Waals surface area contributed by atoms with Crippen LogP contribution in [0.5, 0.6) is 0 Å². The Morgan fingerprint density at radius 1 is 1.64 bits per heavy atom. The van der Waals surface area contributed by atoms with Gasteiger partial charge in [0.2, 0.25) is 0 Å². The molecule has 1 heterocycles. The fourth-order valence-corrected chi connectivity index (χ4v) is 1.86. The first-order valence-electron chi connectivity index (χ1n) is 5.03. The first kappa shape index (κ1) is 11.4. The number of carbonyl (C=O) groups excluding carboxylic acids is 1. The van der Waals surface area contributed by atoms with E-state index in [1.54, 1.807) is 0 Å². The molecule has 0 aromatic heterocycles. The smallest absolute Gasteiger partial charge is 0.305 e. The van der Waals surface area contributed by atoms with Gasteiger partial charge >= 0.3 is 5.97 Å². The molecule has 4 heteroatoms. The fourth-order valence-electron chi connectivity index (χ4n) is 1.86. The molecule has 2 atom stereocenters. The van der Waals surface area contributed by atoms with Gasteiger partial charge in [-0.25, -0.2) is 4.39 Å². The van der Waals surface area contributed by atoms with Crippen LogP contribution in [0.2, 0.25) is 0 Å². The summed E-state index contributed by atoms with van der Waals surface area (Å²) in [6.07, 6.45) is 0.756. The number of methoxy groups -OCH3 is 1. The van der Waals surface area contributed by atoms with Gasteiger partial charge in [0.15, 0.2) is 0 Å². The molecule has 0 bridgehead atoms. The number of carbonyl (C=O) groups is 1. The third-order valence-corrected chi connectivity index (χ3v) is 2.79. The van der Waals surface area contributed by atoms with Crippen molar-refractivity contribution in [2.45, 2.75) is 25.4 Å². The van der Waals surface area contributed by atoms with E-state index in [1.807, 2.05) is 7.05 Å². The number of rotatable bonds is 3. The average molecular weight is 203 g/mol. The van der Waals surface area contributed by atoms with Gasteiger partial charge in [-0.15, -0.1) is 0 Å². The Morgan fingerprint density at radius 2 is 2.36 bits per heavy atom. The topological polar surface area (TPSA) is 29.5 Å². The minimum absolute atomic E-state index is 0.00662. The number of esters is 1. The quantitative estimate of drug-likeness (QED) is 0.646. The Hall–Kier alpha value is -0.640. The molecule has 1 aliphatic rings. The van der Waals surface area contributed by atoms with Gasteiger partial charge in [0, 0.05) is 25.4 Å². The highest BCUT2D eigenvalue weighted by molar-refractivity contribution is 5.69. The predicted octanol–water partition coefficient (Wildman–Crippen LogP) is 1.23. The Kier molecular flexibility index (Phi) is 4.32. The maximum atomic E-state index is 13.4. The SMILES string of the molecule is COC(=O)CC[C@@H]1CN(C)CC[C@H]1F. The van der Waals surface area contributed by atoms with Gasteiger partial charge in [0.25, 0.3) is 0 Å². The third-order valence-electron chi connectivity index (χ3n) is 2.79. The van der Waals surface area contributed by atoms with Crippen LogP contribution in [0.1, 0.15) is 19.3 Å². The molecule has 0 unspecified atom stereocenters. The van der Waals surface area contributed by atoms with E-state index >= 15 is 0 Å². The van der Waals surface area contributed by atoms with E-state index in [9.17, 15) is 9.18 Å². The second-order valence-corrected chi connectivity index (χ2v) is 3.94. The van der Waals surface area contributed by atoms with E-state index in [0.717, 1.165) is 13.1 Å². The number of hydrogen-bond acceptors (Lipinski definition) is 3. The van der Waals surface area contributed by atoms with Crippen LogP contribution >= 0.6 is 0 Å². The summed E-state index contributed by atoms with van der Waals surface area (Å²) >= 11 is 0. The van der Waals surface area contributed by atoms with Crippen LogP contribution in [-0.2, 0) is 9.53 Å². The Morgan fingerprint density at radius 3 is 3.00 bits per heavy atom. The van der Waals surface area contributed by atoms with E-state index in [-0.39, 0.29) is 11.9 Å². The van der Waals surface area contributed by atoms with Crippen LogP contribution in [-0.4, -0.2) is 44.3 Å². The molecule has 82 valence electrons. The summed E-state index contributed by atoms with van der Waals surface area (Å²) in [7, 11) is 3.35. The van der Waals surface area contributed by atoms with E-state index in [1.165, 1.54) is 7.11 Å². The van der Waals surface area contributed by atoms with E-state index in [0.29, 0.717) is 19.3 Å². The Labute approximate surface area is 84.2 Å². The van der Waals surface area contributed by atoms with Crippen molar-refractivity contribution in [3.8, 4) is 0 Å². The van der Waals surface area contributed by atoms with Gasteiger partial charge in [0.1, 0.15) is 6.17 Å². The fraction of sp³-hybridized carbons (Fsp3) is 0.900. The molecule has 1 rings (SSSR count). The number of alkyl halides is 1. The van der Waals surface area contributed by atoms with Crippen molar-refractivity contribution < 1.29 is 13.9 Å². The zero-order chi connectivity index (χ0) is 10.6. The van der Waals surface area contributed by atoms with Gasteiger partial charge in [-0.05, 0) is 19.9 Å². The van der Waals surface area contributed by atoms with Gasteiger partial charge in [-0.3, -0.25) is 4.79 Å². The highest BCUT2D eigenvalue weighted by atomic mass is 19.1. The summed E-state index contributed by atoms with van der Waals surface area (Å²) in [5.41, 5.74) is 0. The molecule has 1 fully saturated rings. The number of nitrogens with zero attached hydrogens (tertiary/aromatic N) is 1. The molecule has 0 aromatic carbocycles. The van der Waals surface area contributed by atoms with Crippen LogP contribution in [0.3, 0.4) is 0 Å². The van der Waals surface area contributed by atoms with Gasteiger partial charge in [0.05, 0.1) is 7.11 Å². The second kappa shape index (κ2) is 5.29. The summed E-state index contributed by atoms with van der Waals surface area (Å²) in [4.78, 5) is 13.0. The Balaban J connectivity index is 2.30. The lowest BCUT2D eigenvalue weighted by atomic mass is 9.92. The van der Waals surface area contributed by atoms with E-state index in [4.69, 9.17) is 0 Å². The minimum Gasteiger partial charge on any atom is -0.469 e. The van der Waals surface area contributed by atoms with Crippen molar-refractivity contribution in [2.75, 3.05) is 27.2 Å². The third kappa shape index (κ3) is 3.25.